The number of nitrogens with one attached hydrogen (secondary N) is 2. The van der Waals surface area contributed by atoms with Crippen LogP contribution in [-0.4, -0.2) is 37.1 Å². The molecule has 1 aliphatic heterocycles. The van der Waals surface area contributed by atoms with Crippen molar-refractivity contribution in [1.82, 2.24) is 15.5 Å². The van der Waals surface area contributed by atoms with Crippen molar-refractivity contribution in [2.24, 2.45) is 5.92 Å². The van der Waals surface area contributed by atoms with Gasteiger partial charge < -0.3 is 15.5 Å². The number of allylic oxidation sites excluding steroid dienone is 3. The zero-order valence-corrected chi connectivity index (χ0v) is 18.5. The Balaban J connectivity index is 1.57. The molecule has 0 radical (unpaired) electrons. The number of aryl methyl sites for hydroxylation is 1. The number of carbonyl (C=O) groups excluding carboxylic acids is 1. The third kappa shape index (κ3) is 6.90. The van der Waals surface area contributed by atoms with E-state index in [-0.39, 0.29) is 6.03 Å². The Kier molecular flexibility index (Phi) is 8.19. The van der Waals surface area contributed by atoms with Crippen LogP contribution < -0.4 is 10.6 Å². The van der Waals surface area contributed by atoms with Crippen LogP contribution in [0.25, 0.3) is 0 Å². The predicted molar refractivity (Wildman–Crippen MR) is 121 cm³/mol. The summed E-state index contributed by atoms with van der Waals surface area (Å²) >= 11 is 6.25. The minimum atomic E-state index is -0.188. The molecular weight excluding hydrogens is 382 g/mol. The van der Waals surface area contributed by atoms with Gasteiger partial charge in [-0.25, -0.2) is 4.79 Å². The fourth-order valence-corrected chi connectivity index (χ4v) is 4.26. The molecule has 29 heavy (non-hydrogen) atoms. The van der Waals surface area contributed by atoms with E-state index < -0.39 is 0 Å². The van der Waals surface area contributed by atoms with Crippen molar-refractivity contribution < 1.29 is 4.79 Å². The molecule has 0 bridgehead atoms. The number of rotatable bonds is 7. The molecule has 1 fully saturated rings. The Morgan fingerprint density at radius 1 is 1.21 bits per heavy atom. The lowest BCUT2D eigenvalue weighted by Gasteiger charge is -2.28. The number of amides is 2. The molecule has 2 atom stereocenters. The molecule has 2 unspecified atom stereocenters. The Hall–Kier alpha value is -1.78. The number of carbonyl (C=O) groups is 1. The van der Waals surface area contributed by atoms with Crippen molar-refractivity contribution >= 4 is 17.6 Å². The molecule has 1 saturated heterocycles. The summed E-state index contributed by atoms with van der Waals surface area (Å²) in [5, 5.41) is 6.62. The summed E-state index contributed by atoms with van der Waals surface area (Å²) in [5.41, 5.74) is 3.26. The maximum Gasteiger partial charge on any atom is 0.319 e. The molecule has 3 rings (SSSR count). The highest BCUT2D eigenvalue weighted by molar-refractivity contribution is 6.32. The fourth-order valence-electron chi connectivity index (χ4n) is 4.06. The van der Waals surface area contributed by atoms with Gasteiger partial charge >= 0.3 is 6.03 Å². The smallest absolute Gasteiger partial charge is 0.319 e. The zero-order chi connectivity index (χ0) is 20.6. The van der Waals surface area contributed by atoms with Crippen molar-refractivity contribution in [2.75, 3.05) is 26.2 Å². The molecular formula is C24H34ClN3O. The molecule has 1 aromatic rings. The third-order valence-corrected chi connectivity index (χ3v) is 6.28. The standard InChI is InChI=1S/C24H34ClN3O/c1-18-6-9-20(10-7-18)21(12-15-28-13-4-3-5-14-28)17-26-24(29)27-23-16-19(2)8-11-22(23)25/h6-7,9-11,16,19,21H,3-5,8,12-15,17H2,1-2H3,(H2,26,27,29). The average molecular weight is 416 g/mol. The second-order valence-corrected chi connectivity index (χ2v) is 8.89. The van der Waals surface area contributed by atoms with Crippen LogP contribution in [0.4, 0.5) is 4.79 Å². The SMILES string of the molecule is Cc1ccc(C(CCN2CCCCC2)CNC(=O)NC2=CC(C)CC=C2Cl)cc1. The number of nitrogens with zero attached hydrogens (tertiary/aromatic N) is 1. The van der Waals surface area contributed by atoms with Crippen LogP contribution >= 0.6 is 11.6 Å². The molecule has 4 nitrogen and oxygen atoms in total. The van der Waals surface area contributed by atoms with Crippen molar-refractivity contribution in [3.05, 3.63) is 58.3 Å². The first-order chi connectivity index (χ1) is 14.0. The van der Waals surface area contributed by atoms with Gasteiger partial charge in [0.05, 0.1) is 10.7 Å². The Morgan fingerprint density at radius 2 is 1.93 bits per heavy atom. The van der Waals surface area contributed by atoms with E-state index in [4.69, 9.17) is 11.6 Å². The lowest BCUT2D eigenvalue weighted by atomic mass is 9.94. The molecule has 2 aliphatic rings. The number of urea groups is 1. The van der Waals surface area contributed by atoms with Crippen LogP contribution in [-0.2, 0) is 0 Å². The average Bonchev–Trinajstić information content (AvgIpc) is 2.72. The molecule has 5 heteroatoms. The van der Waals surface area contributed by atoms with Crippen molar-refractivity contribution in [1.29, 1.82) is 0 Å². The second kappa shape index (κ2) is 10.8. The topological polar surface area (TPSA) is 44.4 Å². The molecule has 0 saturated carbocycles. The Morgan fingerprint density at radius 3 is 2.66 bits per heavy atom. The molecule has 1 aliphatic carbocycles. The molecule has 1 aromatic carbocycles. The van der Waals surface area contributed by atoms with Crippen LogP contribution in [0.2, 0.25) is 0 Å². The van der Waals surface area contributed by atoms with Gasteiger partial charge in [-0.3, -0.25) is 0 Å². The molecule has 0 spiro atoms. The number of hydrogen-bond acceptors (Lipinski definition) is 2. The molecule has 2 N–H and O–H groups in total. The minimum Gasteiger partial charge on any atom is -0.337 e. The Labute approximate surface area is 180 Å². The van der Waals surface area contributed by atoms with E-state index in [0.29, 0.717) is 29.1 Å². The highest BCUT2D eigenvalue weighted by atomic mass is 35.5. The first-order valence-corrected chi connectivity index (χ1v) is 11.3. The Bertz CT molecular complexity index is 735. The maximum atomic E-state index is 12.5. The normalized spacial score (nSPS) is 21.1. The monoisotopic (exact) mass is 415 g/mol. The molecule has 2 amide bonds. The lowest BCUT2D eigenvalue weighted by Crippen LogP contribution is -2.39. The van der Waals surface area contributed by atoms with Gasteiger partial charge in [-0.2, -0.15) is 0 Å². The van der Waals surface area contributed by atoms with Gasteiger partial charge in [0.2, 0.25) is 0 Å². The van der Waals surface area contributed by atoms with Gasteiger partial charge in [0.25, 0.3) is 0 Å². The number of piperidine rings is 1. The van der Waals surface area contributed by atoms with Crippen LogP contribution in [0.1, 0.15) is 56.1 Å². The highest BCUT2D eigenvalue weighted by Crippen LogP contribution is 2.24. The summed E-state index contributed by atoms with van der Waals surface area (Å²) < 4.78 is 0. The molecule has 158 valence electrons. The number of likely N-dealkylation sites (tertiary alicyclic amines) is 1. The summed E-state index contributed by atoms with van der Waals surface area (Å²) in [5.74, 6) is 0.686. The third-order valence-electron chi connectivity index (χ3n) is 5.93. The number of halogens is 1. The van der Waals surface area contributed by atoms with Crippen LogP contribution in [0.5, 0.6) is 0 Å². The van der Waals surface area contributed by atoms with Crippen molar-refractivity contribution in [3.63, 3.8) is 0 Å². The first-order valence-electron chi connectivity index (χ1n) is 10.9. The largest absolute Gasteiger partial charge is 0.337 e. The maximum absolute atomic E-state index is 12.5. The first kappa shape index (κ1) is 21.9. The lowest BCUT2D eigenvalue weighted by molar-refractivity contribution is 0.219. The van der Waals surface area contributed by atoms with Crippen LogP contribution in [0.3, 0.4) is 0 Å². The van der Waals surface area contributed by atoms with E-state index in [2.05, 4.69) is 53.6 Å². The van der Waals surface area contributed by atoms with E-state index in [1.165, 1.54) is 43.5 Å². The fraction of sp³-hybridized carbons (Fsp3) is 0.542. The minimum absolute atomic E-state index is 0.188. The van der Waals surface area contributed by atoms with Crippen LogP contribution in [0, 0.1) is 12.8 Å². The summed E-state index contributed by atoms with van der Waals surface area (Å²) in [4.78, 5) is 15.1. The van der Waals surface area contributed by atoms with Crippen molar-refractivity contribution in [2.45, 2.75) is 51.9 Å². The van der Waals surface area contributed by atoms with Gasteiger partial charge in [-0.1, -0.05) is 66.9 Å². The van der Waals surface area contributed by atoms with E-state index >= 15 is 0 Å². The van der Waals surface area contributed by atoms with E-state index in [1.807, 2.05) is 12.2 Å². The van der Waals surface area contributed by atoms with Gasteiger partial charge in [-0.05, 0) is 63.7 Å². The van der Waals surface area contributed by atoms with Crippen LogP contribution in [0.15, 0.2) is 47.1 Å². The summed E-state index contributed by atoms with van der Waals surface area (Å²) in [6, 6.07) is 8.51. The van der Waals surface area contributed by atoms with Gasteiger partial charge in [-0.15, -0.1) is 0 Å². The van der Waals surface area contributed by atoms with E-state index in [9.17, 15) is 4.79 Å². The molecule has 0 aromatic heterocycles. The number of benzene rings is 1. The van der Waals surface area contributed by atoms with Gasteiger partial charge in [0, 0.05) is 12.5 Å². The van der Waals surface area contributed by atoms with E-state index in [0.717, 1.165) is 19.4 Å². The van der Waals surface area contributed by atoms with Crippen molar-refractivity contribution in [3.8, 4) is 0 Å². The summed E-state index contributed by atoms with van der Waals surface area (Å²) in [6.45, 7) is 8.32. The quantitative estimate of drug-likeness (QED) is 0.634. The highest BCUT2D eigenvalue weighted by Gasteiger charge is 2.18. The molecule has 1 heterocycles. The second-order valence-electron chi connectivity index (χ2n) is 8.48. The summed E-state index contributed by atoms with van der Waals surface area (Å²) in [7, 11) is 0. The van der Waals surface area contributed by atoms with E-state index in [1.54, 1.807) is 0 Å². The predicted octanol–water partition coefficient (Wildman–Crippen LogP) is 5.30. The zero-order valence-electron chi connectivity index (χ0n) is 17.7. The van der Waals surface area contributed by atoms with Gasteiger partial charge in [0.15, 0.2) is 0 Å². The summed E-state index contributed by atoms with van der Waals surface area (Å²) in [6.07, 6.45) is 9.91. The number of hydrogen-bond donors (Lipinski definition) is 2. The van der Waals surface area contributed by atoms with Gasteiger partial charge in [0.1, 0.15) is 0 Å².